The Kier molecular flexibility index (Phi) is 4.57. The maximum atomic E-state index is 6.22. The quantitative estimate of drug-likeness (QED) is 0.826. The van der Waals surface area contributed by atoms with Crippen molar-refractivity contribution in [3.8, 4) is 0 Å². The second-order valence-corrected chi connectivity index (χ2v) is 5.64. The summed E-state index contributed by atoms with van der Waals surface area (Å²) in [5, 5.41) is 1.22. The van der Waals surface area contributed by atoms with E-state index in [4.69, 9.17) is 28.9 Å². The number of rotatable bonds is 3. The zero-order valence-electron chi connectivity index (χ0n) is 9.86. The van der Waals surface area contributed by atoms with E-state index in [0.29, 0.717) is 10.0 Å². The number of nitrogens with two attached hydrogens (primary N) is 1. The van der Waals surface area contributed by atoms with Crippen LogP contribution in [-0.2, 0) is 0 Å². The predicted molar refractivity (Wildman–Crippen MR) is 80.7 cm³/mol. The molecule has 2 N–H and O–H groups in total. The lowest BCUT2D eigenvalue weighted by Crippen LogP contribution is -2.12. The lowest BCUT2D eigenvalue weighted by Gasteiger charge is -2.14. The van der Waals surface area contributed by atoms with E-state index in [0.717, 1.165) is 11.1 Å². The van der Waals surface area contributed by atoms with Crippen molar-refractivity contribution in [3.63, 3.8) is 0 Å². The van der Waals surface area contributed by atoms with Crippen LogP contribution in [0.25, 0.3) is 0 Å². The van der Waals surface area contributed by atoms with Crippen LogP contribution in [0.15, 0.2) is 47.4 Å². The summed E-state index contributed by atoms with van der Waals surface area (Å²) in [4.78, 5) is 1.22. The van der Waals surface area contributed by atoms with Crippen LogP contribution in [-0.4, -0.2) is 6.26 Å². The van der Waals surface area contributed by atoms with Gasteiger partial charge in [0, 0.05) is 14.9 Å². The molecule has 1 atom stereocenters. The molecule has 4 heteroatoms. The first-order valence-corrected chi connectivity index (χ1v) is 7.44. The normalized spacial score (nSPS) is 12.4. The Hall–Kier alpha value is -0.670. The summed E-state index contributed by atoms with van der Waals surface area (Å²) in [6, 6.07) is 13.3. The van der Waals surface area contributed by atoms with E-state index in [1.54, 1.807) is 23.9 Å². The fourth-order valence-electron chi connectivity index (χ4n) is 1.74. The molecular formula is C14H13Cl2NS. The van der Waals surface area contributed by atoms with Crippen LogP contribution >= 0.6 is 35.0 Å². The lowest BCUT2D eigenvalue weighted by atomic mass is 10.00. The summed E-state index contributed by atoms with van der Waals surface area (Å²) in [6.07, 6.45) is 2.05. The Morgan fingerprint density at radius 3 is 2.28 bits per heavy atom. The molecule has 0 bridgehead atoms. The molecule has 1 nitrogen and oxygen atoms in total. The van der Waals surface area contributed by atoms with Crippen molar-refractivity contribution < 1.29 is 0 Å². The van der Waals surface area contributed by atoms with Crippen molar-refractivity contribution >= 4 is 35.0 Å². The summed E-state index contributed by atoms with van der Waals surface area (Å²) < 4.78 is 0. The number of hydrogen-bond acceptors (Lipinski definition) is 2. The molecule has 0 spiro atoms. The van der Waals surface area contributed by atoms with Crippen LogP contribution in [0.3, 0.4) is 0 Å². The highest BCUT2D eigenvalue weighted by Crippen LogP contribution is 2.29. The van der Waals surface area contributed by atoms with Gasteiger partial charge in [-0.15, -0.1) is 11.8 Å². The summed E-state index contributed by atoms with van der Waals surface area (Å²) in [5.41, 5.74) is 8.15. The van der Waals surface area contributed by atoms with Crippen LogP contribution in [0.4, 0.5) is 0 Å². The van der Waals surface area contributed by atoms with E-state index < -0.39 is 0 Å². The SMILES string of the molecule is CSc1ccc(C(N)c2ccc(Cl)cc2Cl)cc1. The zero-order valence-corrected chi connectivity index (χ0v) is 12.2. The third kappa shape index (κ3) is 3.01. The second-order valence-electron chi connectivity index (χ2n) is 3.92. The first-order chi connectivity index (χ1) is 8.61. The minimum atomic E-state index is -0.231. The average Bonchev–Trinajstić information content (AvgIpc) is 2.38. The average molecular weight is 298 g/mol. The van der Waals surface area contributed by atoms with Gasteiger partial charge in [0.15, 0.2) is 0 Å². The van der Waals surface area contributed by atoms with Crippen LogP contribution < -0.4 is 5.73 Å². The molecule has 2 aromatic carbocycles. The summed E-state index contributed by atoms with van der Waals surface area (Å²) in [6.45, 7) is 0. The van der Waals surface area contributed by atoms with Crippen molar-refractivity contribution in [3.05, 3.63) is 63.6 Å². The molecule has 94 valence electrons. The minimum Gasteiger partial charge on any atom is -0.320 e. The molecule has 0 heterocycles. The zero-order chi connectivity index (χ0) is 13.1. The van der Waals surface area contributed by atoms with E-state index in [1.165, 1.54) is 4.90 Å². The van der Waals surface area contributed by atoms with Crippen molar-refractivity contribution in [2.45, 2.75) is 10.9 Å². The van der Waals surface area contributed by atoms with Gasteiger partial charge >= 0.3 is 0 Å². The van der Waals surface area contributed by atoms with Gasteiger partial charge in [-0.2, -0.15) is 0 Å². The van der Waals surface area contributed by atoms with Crippen LogP contribution in [0.5, 0.6) is 0 Å². The number of thioether (sulfide) groups is 1. The van der Waals surface area contributed by atoms with Gasteiger partial charge in [0.25, 0.3) is 0 Å². The molecule has 0 aliphatic heterocycles. The van der Waals surface area contributed by atoms with Gasteiger partial charge < -0.3 is 5.73 Å². The van der Waals surface area contributed by atoms with E-state index in [9.17, 15) is 0 Å². The maximum absolute atomic E-state index is 6.22. The van der Waals surface area contributed by atoms with E-state index in [2.05, 4.69) is 12.1 Å². The second kappa shape index (κ2) is 5.98. The highest BCUT2D eigenvalue weighted by Gasteiger charge is 2.12. The summed E-state index contributed by atoms with van der Waals surface area (Å²) >= 11 is 13.7. The van der Waals surface area contributed by atoms with Crippen molar-refractivity contribution in [2.75, 3.05) is 6.26 Å². The third-order valence-corrected chi connectivity index (χ3v) is 4.08. The van der Waals surface area contributed by atoms with E-state index in [1.807, 2.05) is 24.5 Å². The van der Waals surface area contributed by atoms with Crippen LogP contribution in [0, 0.1) is 0 Å². The van der Waals surface area contributed by atoms with Crippen molar-refractivity contribution in [1.82, 2.24) is 0 Å². The Morgan fingerprint density at radius 2 is 1.72 bits per heavy atom. The monoisotopic (exact) mass is 297 g/mol. The first-order valence-electron chi connectivity index (χ1n) is 5.46. The molecule has 0 fully saturated rings. The molecule has 0 aliphatic rings. The summed E-state index contributed by atoms with van der Waals surface area (Å²) in [7, 11) is 0. The van der Waals surface area contributed by atoms with E-state index >= 15 is 0 Å². The Bertz CT molecular complexity index is 540. The van der Waals surface area contributed by atoms with Crippen molar-refractivity contribution in [1.29, 1.82) is 0 Å². The number of benzene rings is 2. The standard InChI is InChI=1S/C14H13Cl2NS/c1-18-11-5-2-9(3-6-11)14(17)12-7-4-10(15)8-13(12)16/h2-8,14H,17H2,1H3. The Balaban J connectivity index is 2.31. The Morgan fingerprint density at radius 1 is 1.06 bits per heavy atom. The topological polar surface area (TPSA) is 26.0 Å². The van der Waals surface area contributed by atoms with Gasteiger partial charge in [-0.25, -0.2) is 0 Å². The molecule has 2 aromatic rings. The number of hydrogen-bond donors (Lipinski definition) is 1. The van der Waals surface area contributed by atoms with Crippen LogP contribution in [0.1, 0.15) is 17.2 Å². The molecule has 0 saturated carbocycles. The summed E-state index contributed by atoms with van der Waals surface area (Å²) in [5.74, 6) is 0. The minimum absolute atomic E-state index is 0.231. The largest absolute Gasteiger partial charge is 0.320 e. The van der Waals surface area contributed by atoms with Crippen molar-refractivity contribution in [2.24, 2.45) is 5.73 Å². The molecule has 0 radical (unpaired) electrons. The Labute approximate surface area is 121 Å². The lowest BCUT2D eigenvalue weighted by molar-refractivity contribution is 0.870. The molecule has 2 rings (SSSR count). The smallest absolute Gasteiger partial charge is 0.0566 e. The van der Waals surface area contributed by atoms with E-state index in [-0.39, 0.29) is 6.04 Å². The van der Waals surface area contributed by atoms with Crippen LogP contribution in [0.2, 0.25) is 10.0 Å². The van der Waals surface area contributed by atoms with Gasteiger partial charge in [0.2, 0.25) is 0 Å². The fraction of sp³-hybridized carbons (Fsp3) is 0.143. The van der Waals surface area contributed by atoms with Gasteiger partial charge in [0.05, 0.1) is 6.04 Å². The highest BCUT2D eigenvalue weighted by atomic mass is 35.5. The van der Waals surface area contributed by atoms with Gasteiger partial charge in [-0.1, -0.05) is 41.4 Å². The highest BCUT2D eigenvalue weighted by molar-refractivity contribution is 7.98. The molecular weight excluding hydrogens is 285 g/mol. The molecule has 0 saturated heterocycles. The number of halogens is 2. The maximum Gasteiger partial charge on any atom is 0.0566 e. The molecule has 0 aliphatic carbocycles. The van der Waals surface area contributed by atoms with Gasteiger partial charge in [0.1, 0.15) is 0 Å². The third-order valence-electron chi connectivity index (χ3n) is 2.77. The van der Waals surface area contributed by atoms with Gasteiger partial charge in [-0.05, 0) is 41.6 Å². The first kappa shape index (κ1) is 13.8. The predicted octanol–water partition coefficient (Wildman–Crippen LogP) is 4.76. The van der Waals surface area contributed by atoms with Gasteiger partial charge in [-0.3, -0.25) is 0 Å². The molecule has 0 amide bonds. The molecule has 0 aromatic heterocycles. The molecule has 18 heavy (non-hydrogen) atoms. The molecule has 1 unspecified atom stereocenters. The fourth-order valence-corrected chi connectivity index (χ4v) is 2.68.